The van der Waals surface area contributed by atoms with Gasteiger partial charge in [0.15, 0.2) is 6.10 Å². The third kappa shape index (κ3) is 43.8. The Balaban J connectivity index is 4.56. The molecule has 0 bridgehead atoms. The number of allylic oxidation sites excluding steroid dienone is 4. The SMILES string of the molecule is CCCCCCCC/C=C\CCCCCCCC(=O)OC[C@H](COC(=O)CCC(=O)OCCNC(=O)C(N)CCCCN)OC(=O)CCCCCCC/C=C\CCCCCCCC. The quantitative estimate of drug-likeness (QED) is 0.0228. The van der Waals surface area contributed by atoms with E-state index in [4.69, 9.17) is 30.4 Å². The van der Waals surface area contributed by atoms with E-state index in [2.05, 4.69) is 43.5 Å². The molecule has 2 atom stereocenters. The predicted molar refractivity (Wildman–Crippen MR) is 255 cm³/mol. The van der Waals surface area contributed by atoms with Crippen molar-refractivity contribution in [2.75, 3.05) is 32.9 Å². The molecule has 0 aromatic rings. The van der Waals surface area contributed by atoms with E-state index in [-0.39, 0.29) is 63.9 Å². The van der Waals surface area contributed by atoms with Crippen LogP contribution in [0.4, 0.5) is 0 Å². The molecule has 0 aromatic carbocycles. The van der Waals surface area contributed by atoms with Crippen molar-refractivity contribution < 1.29 is 42.9 Å². The minimum absolute atomic E-state index is 0.0633. The van der Waals surface area contributed by atoms with Gasteiger partial charge in [-0.15, -0.1) is 0 Å². The van der Waals surface area contributed by atoms with Crippen molar-refractivity contribution in [3.63, 3.8) is 0 Å². The molecule has 0 fully saturated rings. The number of carbonyl (C=O) groups is 5. The minimum atomic E-state index is -0.958. The van der Waals surface area contributed by atoms with E-state index < -0.39 is 30.1 Å². The molecule has 0 rings (SSSR count). The third-order valence-corrected chi connectivity index (χ3v) is 10.9. The second kappa shape index (κ2) is 46.7. The lowest BCUT2D eigenvalue weighted by Crippen LogP contribution is -2.42. The molecule has 0 aromatic heterocycles. The second-order valence-electron chi connectivity index (χ2n) is 17.0. The van der Waals surface area contributed by atoms with Crippen LogP contribution in [-0.2, 0) is 42.9 Å². The number of carbonyl (C=O) groups excluding carboxylic acids is 5. The second-order valence-corrected chi connectivity index (χ2v) is 17.0. The fourth-order valence-corrected chi connectivity index (χ4v) is 6.94. The van der Waals surface area contributed by atoms with E-state index in [0.717, 1.165) is 83.5 Å². The molecular weight excluding hydrogens is 799 g/mol. The average molecular weight is 892 g/mol. The molecule has 1 amide bonds. The van der Waals surface area contributed by atoms with Crippen LogP contribution in [0.3, 0.4) is 0 Å². The standard InChI is InChI=1S/C51H93N3O9/c1-3-5-7-9-11-13-15-17-19-21-23-25-27-29-31-36-47(55)61-43-45(63-50(58)37-32-30-28-26-24-22-20-18-16-14-12-10-8-6-4-2)44-62-49(57)39-38-48(56)60-42-41-54-51(59)46(53)35-33-34-40-52/h17-20,45-46H,3-16,21-44,52-53H2,1-2H3,(H,54,59)/b19-17-,20-18-/t45-,46?/m1/s1. The van der Waals surface area contributed by atoms with Crippen LogP contribution in [-0.4, -0.2) is 74.8 Å². The molecule has 5 N–H and O–H groups in total. The number of amides is 1. The molecule has 0 aliphatic heterocycles. The largest absolute Gasteiger partial charge is 0.464 e. The van der Waals surface area contributed by atoms with Crippen LogP contribution in [0.25, 0.3) is 0 Å². The van der Waals surface area contributed by atoms with Gasteiger partial charge in [-0.1, -0.05) is 147 Å². The van der Waals surface area contributed by atoms with Gasteiger partial charge in [0.2, 0.25) is 5.91 Å². The zero-order chi connectivity index (χ0) is 46.3. The highest BCUT2D eigenvalue weighted by Gasteiger charge is 2.20. The monoisotopic (exact) mass is 892 g/mol. The van der Waals surface area contributed by atoms with Crippen molar-refractivity contribution in [2.24, 2.45) is 11.5 Å². The van der Waals surface area contributed by atoms with Crippen LogP contribution < -0.4 is 16.8 Å². The first-order valence-corrected chi connectivity index (χ1v) is 25.4. The molecule has 0 spiro atoms. The van der Waals surface area contributed by atoms with Crippen LogP contribution >= 0.6 is 0 Å². The summed E-state index contributed by atoms with van der Waals surface area (Å²) in [6.07, 6.45) is 40.5. The van der Waals surface area contributed by atoms with E-state index in [0.29, 0.717) is 25.8 Å². The first kappa shape index (κ1) is 59.8. The lowest BCUT2D eigenvalue weighted by Gasteiger charge is -2.18. The molecule has 0 aliphatic carbocycles. The van der Waals surface area contributed by atoms with E-state index in [1.54, 1.807) is 0 Å². The molecule has 366 valence electrons. The fraction of sp³-hybridized carbons (Fsp3) is 0.824. The van der Waals surface area contributed by atoms with Crippen molar-refractivity contribution in [1.82, 2.24) is 5.32 Å². The Labute approximate surface area is 383 Å². The Kier molecular flexibility index (Phi) is 44.3. The molecule has 0 saturated heterocycles. The number of nitrogens with one attached hydrogen (secondary N) is 1. The van der Waals surface area contributed by atoms with Crippen LogP contribution in [0, 0.1) is 0 Å². The number of esters is 4. The smallest absolute Gasteiger partial charge is 0.306 e. The summed E-state index contributed by atoms with van der Waals surface area (Å²) in [6, 6.07) is -0.655. The maximum absolute atomic E-state index is 12.8. The lowest BCUT2D eigenvalue weighted by molar-refractivity contribution is -0.167. The summed E-state index contributed by atoms with van der Waals surface area (Å²) in [7, 11) is 0. The Morgan fingerprint density at radius 3 is 1.33 bits per heavy atom. The molecule has 0 radical (unpaired) electrons. The van der Waals surface area contributed by atoms with Gasteiger partial charge in [-0.3, -0.25) is 24.0 Å². The Morgan fingerprint density at radius 1 is 0.476 bits per heavy atom. The van der Waals surface area contributed by atoms with Crippen LogP contribution in [0.15, 0.2) is 24.3 Å². The Hall–Kier alpha value is -3.25. The van der Waals surface area contributed by atoms with Crippen LogP contribution in [0.2, 0.25) is 0 Å². The Bertz CT molecular complexity index is 1180. The van der Waals surface area contributed by atoms with Crippen molar-refractivity contribution >= 4 is 29.8 Å². The van der Waals surface area contributed by atoms with E-state index in [1.807, 2.05) is 0 Å². The number of rotatable bonds is 46. The average Bonchev–Trinajstić information content (AvgIpc) is 3.27. The number of unbranched alkanes of at least 4 members (excludes halogenated alkanes) is 23. The molecule has 63 heavy (non-hydrogen) atoms. The number of ether oxygens (including phenoxy) is 4. The summed E-state index contributed by atoms with van der Waals surface area (Å²) in [5.41, 5.74) is 11.3. The third-order valence-electron chi connectivity index (χ3n) is 10.9. The maximum Gasteiger partial charge on any atom is 0.306 e. The van der Waals surface area contributed by atoms with Gasteiger partial charge >= 0.3 is 23.9 Å². The highest BCUT2D eigenvalue weighted by Crippen LogP contribution is 2.13. The highest BCUT2D eigenvalue weighted by molar-refractivity contribution is 5.81. The molecule has 0 aliphatic rings. The summed E-state index contributed by atoms with van der Waals surface area (Å²) in [6.45, 7) is 4.54. The molecular formula is C51H93N3O9. The van der Waals surface area contributed by atoms with Crippen molar-refractivity contribution in [1.29, 1.82) is 0 Å². The maximum atomic E-state index is 12.8. The van der Waals surface area contributed by atoms with Gasteiger partial charge < -0.3 is 35.7 Å². The molecule has 0 saturated carbocycles. The zero-order valence-electron chi connectivity index (χ0n) is 40.2. The summed E-state index contributed by atoms with van der Waals surface area (Å²) in [5, 5.41) is 2.62. The van der Waals surface area contributed by atoms with E-state index >= 15 is 0 Å². The number of hydrogen-bond acceptors (Lipinski definition) is 11. The molecule has 12 nitrogen and oxygen atoms in total. The summed E-state index contributed by atoms with van der Waals surface area (Å²) in [5.74, 6) is -2.45. The summed E-state index contributed by atoms with van der Waals surface area (Å²) < 4.78 is 21.5. The molecule has 12 heteroatoms. The normalized spacial score (nSPS) is 12.4. The van der Waals surface area contributed by atoms with Crippen LogP contribution in [0.1, 0.15) is 226 Å². The number of nitrogens with two attached hydrogens (primary N) is 2. The van der Waals surface area contributed by atoms with Crippen LogP contribution in [0.5, 0.6) is 0 Å². The van der Waals surface area contributed by atoms with Gasteiger partial charge in [0.1, 0.15) is 19.8 Å². The predicted octanol–water partition coefficient (Wildman–Crippen LogP) is 11.0. The van der Waals surface area contributed by atoms with Gasteiger partial charge in [0.25, 0.3) is 0 Å². The van der Waals surface area contributed by atoms with Crippen molar-refractivity contribution in [3.8, 4) is 0 Å². The zero-order valence-corrected chi connectivity index (χ0v) is 40.2. The van der Waals surface area contributed by atoms with E-state index in [1.165, 1.54) is 83.5 Å². The van der Waals surface area contributed by atoms with Gasteiger partial charge in [-0.25, -0.2) is 0 Å². The van der Waals surface area contributed by atoms with Gasteiger partial charge in [0.05, 0.1) is 25.4 Å². The van der Waals surface area contributed by atoms with Gasteiger partial charge in [-0.2, -0.15) is 0 Å². The van der Waals surface area contributed by atoms with Crippen molar-refractivity contribution in [2.45, 2.75) is 238 Å². The Morgan fingerprint density at radius 2 is 0.873 bits per heavy atom. The minimum Gasteiger partial charge on any atom is -0.464 e. The molecule has 1 unspecified atom stereocenters. The first-order chi connectivity index (χ1) is 30.7. The highest BCUT2D eigenvalue weighted by atomic mass is 16.6. The lowest BCUT2D eigenvalue weighted by atomic mass is 10.1. The first-order valence-electron chi connectivity index (χ1n) is 25.4. The summed E-state index contributed by atoms with van der Waals surface area (Å²) in [4.78, 5) is 62.1. The number of hydrogen-bond donors (Lipinski definition) is 3. The van der Waals surface area contributed by atoms with Crippen molar-refractivity contribution in [3.05, 3.63) is 24.3 Å². The summed E-state index contributed by atoms with van der Waals surface area (Å²) >= 11 is 0. The van der Waals surface area contributed by atoms with Gasteiger partial charge in [0, 0.05) is 12.8 Å². The topological polar surface area (TPSA) is 186 Å². The fourth-order valence-electron chi connectivity index (χ4n) is 6.94. The van der Waals surface area contributed by atoms with Gasteiger partial charge in [-0.05, 0) is 83.6 Å². The molecule has 0 heterocycles. The van der Waals surface area contributed by atoms with E-state index in [9.17, 15) is 24.0 Å².